The normalized spacial score (nSPS) is 11.6. The lowest BCUT2D eigenvalue weighted by molar-refractivity contribution is -0.148. The number of aryl methyl sites for hydroxylation is 2. The number of rotatable bonds is 13. The molecule has 0 aliphatic rings. The van der Waals surface area contributed by atoms with E-state index in [-0.39, 0.29) is 30.1 Å². The van der Waals surface area contributed by atoms with Gasteiger partial charge in [-0.25, -0.2) is 36.9 Å². The molecule has 330 valence electrons. The number of hydrogen-bond donors (Lipinski definition) is 3. The number of benzene rings is 3. The number of carboxylic acid groups (broad SMARTS) is 1. The monoisotopic (exact) mass is 999 g/mol. The Hall–Kier alpha value is -6.57. The number of aromatic nitrogens is 5. The zero-order valence-electron chi connectivity index (χ0n) is 33.4. The zero-order valence-corrected chi connectivity index (χ0v) is 36.4. The maximum Gasteiger partial charge on any atom is 0.431 e. The maximum absolute atomic E-state index is 13.1. The van der Waals surface area contributed by atoms with Crippen molar-refractivity contribution >= 4 is 56.5 Å². The molecule has 0 aliphatic heterocycles. The first-order valence-corrected chi connectivity index (χ1v) is 20.3. The minimum atomic E-state index is -4.84. The molecule has 0 saturated carbocycles. The van der Waals surface area contributed by atoms with Crippen LogP contribution in [-0.4, -0.2) is 75.9 Å². The quantitative estimate of drug-likeness (QED) is 0.107. The molecular formula is C38H37F3IN7O12S. The number of nitrogens with zero attached hydrogens (tertiary/aromatic N) is 5. The van der Waals surface area contributed by atoms with Crippen LogP contribution < -0.4 is 35.5 Å². The Morgan fingerprint density at radius 2 is 1.65 bits per heavy atom. The largest absolute Gasteiger partial charge is 0.489 e. The smallest absolute Gasteiger partial charge is 0.431 e. The van der Waals surface area contributed by atoms with Gasteiger partial charge in [-0.2, -0.15) is 28.1 Å². The van der Waals surface area contributed by atoms with Gasteiger partial charge in [-0.3, -0.25) is 14.7 Å². The molecule has 0 spiro atoms. The van der Waals surface area contributed by atoms with Gasteiger partial charge in [0.25, 0.3) is 15.6 Å². The van der Waals surface area contributed by atoms with Crippen LogP contribution in [0.1, 0.15) is 46.9 Å². The first-order valence-electron chi connectivity index (χ1n) is 17.7. The van der Waals surface area contributed by atoms with Crippen LogP contribution in [0.15, 0.2) is 81.2 Å². The molecule has 2 aromatic heterocycles. The number of sulfonamides is 1. The van der Waals surface area contributed by atoms with E-state index in [9.17, 15) is 45.6 Å². The lowest BCUT2D eigenvalue weighted by atomic mass is 10.1. The Labute approximate surface area is 364 Å². The number of aromatic carboxylic acids is 1. The Morgan fingerprint density at radius 1 is 0.968 bits per heavy atom. The van der Waals surface area contributed by atoms with Gasteiger partial charge < -0.3 is 24.1 Å². The summed E-state index contributed by atoms with van der Waals surface area (Å²) in [5, 5.41) is 11.3. The Kier molecular flexibility index (Phi) is 15.8. The lowest BCUT2D eigenvalue weighted by Crippen LogP contribution is -2.40. The summed E-state index contributed by atoms with van der Waals surface area (Å²) in [6.45, 7) is 5.15. The summed E-state index contributed by atoms with van der Waals surface area (Å²) in [6, 6.07) is 14.1. The average molecular weight is 1000 g/mol. The molecule has 1 unspecified atom stereocenters. The lowest BCUT2D eigenvalue weighted by Gasteiger charge is -2.17. The van der Waals surface area contributed by atoms with Crippen LogP contribution in [0, 0.1) is 10.5 Å². The molecule has 5 aromatic rings. The van der Waals surface area contributed by atoms with Crippen molar-refractivity contribution in [2.45, 2.75) is 51.0 Å². The van der Waals surface area contributed by atoms with E-state index < -0.39 is 67.7 Å². The van der Waals surface area contributed by atoms with Gasteiger partial charge in [0, 0.05) is 22.2 Å². The highest BCUT2D eigenvalue weighted by Crippen LogP contribution is 2.28. The average Bonchev–Trinajstić information content (AvgIpc) is 3.20. The number of alkyl halides is 3. The first kappa shape index (κ1) is 48.1. The van der Waals surface area contributed by atoms with Crippen LogP contribution in [0.25, 0.3) is 5.69 Å². The molecular weight excluding hydrogens is 962 g/mol. The van der Waals surface area contributed by atoms with Gasteiger partial charge in [-0.1, -0.05) is 19.1 Å². The third kappa shape index (κ3) is 12.3. The van der Waals surface area contributed by atoms with E-state index in [1.807, 2.05) is 47.7 Å². The summed E-state index contributed by atoms with van der Waals surface area (Å²) in [6.07, 6.45) is -4.91. The Bertz CT molecular complexity index is 2710. The zero-order chi connectivity index (χ0) is 46.1. The van der Waals surface area contributed by atoms with E-state index in [4.69, 9.17) is 24.1 Å². The number of amides is 2. The number of esters is 1. The first-order chi connectivity index (χ1) is 29.1. The minimum Gasteiger partial charge on any atom is -0.489 e. The third-order valence-electron chi connectivity index (χ3n) is 8.30. The molecule has 0 aliphatic carbocycles. The molecule has 0 saturated heterocycles. The third-order valence-corrected chi connectivity index (χ3v) is 10.3. The summed E-state index contributed by atoms with van der Waals surface area (Å²) in [5.74, 6) is -1.13. The van der Waals surface area contributed by atoms with Crippen LogP contribution in [0.3, 0.4) is 0 Å². The highest BCUT2D eigenvalue weighted by atomic mass is 127. The van der Waals surface area contributed by atoms with Crippen LogP contribution >= 0.6 is 22.6 Å². The fourth-order valence-electron chi connectivity index (χ4n) is 5.24. The van der Waals surface area contributed by atoms with Gasteiger partial charge in [0.05, 0.1) is 25.5 Å². The number of urea groups is 1. The second-order valence-corrected chi connectivity index (χ2v) is 15.5. The molecule has 2 heterocycles. The maximum atomic E-state index is 13.1. The predicted molar refractivity (Wildman–Crippen MR) is 221 cm³/mol. The number of hydrogen-bond acceptors (Lipinski definition) is 14. The van der Waals surface area contributed by atoms with Crippen molar-refractivity contribution in [2.24, 2.45) is 7.05 Å². The van der Waals surface area contributed by atoms with E-state index in [0.717, 1.165) is 31.2 Å². The number of methoxy groups -OCH3 is 2. The molecule has 0 bridgehead atoms. The van der Waals surface area contributed by atoms with Crippen molar-refractivity contribution in [3.8, 4) is 23.2 Å². The molecule has 5 rings (SSSR count). The number of halogens is 4. The van der Waals surface area contributed by atoms with E-state index in [0.29, 0.717) is 35.8 Å². The van der Waals surface area contributed by atoms with Crippen LogP contribution in [0.4, 0.5) is 23.9 Å². The number of ether oxygens (including phenoxy) is 4. The SMILES string of the molecule is CCc1ccc(COc2ccc(-n3c(=O)cc(C(F)(F)F)n(C)c3=O)cc2)c(OC(C)C(=O)OC)c1.COc1nc(C)nc(NC(=O)NS(=O)(=O)c2cc(I)ccc2C(=O)O)n1. The predicted octanol–water partition coefficient (Wildman–Crippen LogP) is 4.64. The Morgan fingerprint density at radius 3 is 2.24 bits per heavy atom. The second kappa shape index (κ2) is 20.3. The number of nitrogens with one attached hydrogen (secondary N) is 2. The van der Waals surface area contributed by atoms with Crippen LogP contribution in [0.2, 0.25) is 0 Å². The summed E-state index contributed by atoms with van der Waals surface area (Å²) < 4.78 is 88.3. The molecule has 0 fully saturated rings. The highest BCUT2D eigenvalue weighted by molar-refractivity contribution is 14.1. The van der Waals surface area contributed by atoms with Gasteiger partial charge in [-0.05, 0) is 97.0 Å². The van der Waals surface area contributed by atoms with Crippen molar-refractivity contribution in [2.75, 3.05) is 19.5 Å². The molecule has 24 heteroatoms. The summed E-state index contributed by atoms with van der Waals surface area (Å²) in [5.41, 5.74) is -2.27. The fraction of sp³-hybridized carbons (Fsp3) is 0.263. The topological polar surface area (TPSA) is 249 Å². The van der Waals surface area contributed by atoms with Crippen molar-refractivity contribution in [1.82, 2.24) is 28.8 Å². The summed E-state index contributed by atoms with van der Waals surface area (Å²) >= 11 is 1.82. The van der Waals surface area contributed by atoms with Gasteiger partial charge in [-0.15, -0.1) is 0 Å². The van der Waals surface area contributed by atoms with Gasteiger partial charge in [0.1, 0.15) is 34.5 Å². The van der Waals surface area contributed by atoms with E-state index in [2.05, 4.69) is 20.3 Å². The van der Waals surface area contributed by atoms with Crippen molar-refractivity contribution in [3.05, 3.63) is 119 Å². The molecule has 19 nitrogen and oxygen atoms in total. The Balaban J connectivity index is 0.000000287. The number of carboxylic acids is 1. The summed E-state index contributed by atoms with van der Waals surface area (Å²) in [7, 11) is -0.922. The molecule has 62 heavy (non-hydrogen) atoms. The molecule has 0 radical (unpaired) electrons. The van der Waals surface area contributed by atoms with Gasteiger partial charge >= 0.3 is 35.8 Å². The standard InChI is InChI=1S/C25H25F3N2O6.C13H12IN5O6S/c1-5-16-6-7-17(20(12-16)36-15(2)23(32)34-4)14-35-19-10-8-18(9-11-19)30-22(31)13-21(25(26,27)28)29(3)24(30)33;1-6-15-11(18-13(16-6)25-2)17-12(22)19-26(23,24)9-5-7(14)3-4-8(9)10(20)21/h6-13,15H,5,14H2,1-4H3;3-5H,1-2H3,(H,20,21)(H2,15,16,17,18,19,22). The minimum absolute atomic E-state index is 0.0681. The van der Waals surface area contributed by atoms with E-state index in [1.54, 1.807) is 11.6 Å². The van der Waals surface area contributed by atoms with Crippen molar-refractivity contribution < 1.29 is 60.0 Å². The van der Waals surface area contributed by atoms with E-state index in [1.165, 1.54) is 51.5 Å². The van der Waals surface area contributed by atoms with Crippen LogP contribution in [-0.2, 0) is 45.8 Å². The summed E-state index contributed by atoms with van der Waals surface area (Å²) in [4.78, 5) is 70.5. The molecule has 2 amide bonds. The van der Waals surface area contributed by atoms with E-state index >= 15 is 0 Å². The van der Waals surface area contributed by atoms with Gasteiger partial charge in [0.15, 0.2) is 6.10 Å². The number of carbonyl (C=O) groups excluding carboxylic acids is 2. The second-order valence-electron chi connectivity index (χ2n) is 12.6. The number of anilines is 1. The molecule has 3 aromatic carbocycles. The molecule has 1 atom stereocenters. The van der Waals surface area contributed by atoms with Crippen LogP contribution in [0.5, 0.6) is 17.5 Å². The van der Waals surface area contributed by atoms with Crippen molar-refractivity contribution in [1.29, 1.82) is 0 Å². The highest BCUT2D eigenvalue weighted by Gasteiger charge is 2.35. The van der Waals surface area contributed by atoms with Gasteiger partial charge in [0.2, 0.25) is 5.95 Å². The number of carbonyl (C=O) groups is 3. The fourth-order valence-corrected chi connectivity index (χ4v) is 7.08. The molecule has 3 N–H and O–H groups in total. The van der Waals surface area contributed by atoms with Crippen molar-refractivity contribution in [3.63, 3.8) is 0 Å².